The summed E-state index contributed by atoms with van der Waals surface area (Å²) in [5.41, 5.74) is 1.22. The lowest BCUT2D eigenvalue weighted by atomic mass is 10.2. The molecule has 8 nitrogen and oxygen atoms in total. The molecule has 0 saturated carbocycles. The van der Waals surface area contributed by atoms with Gasteiger partial charge in [0.25, 0.3) is 0 Å². The first-order chi connectivity index (χ1) is 9.65. The van der Waals surface area contributed by atoms with E-state index in [1.807, 2.05) is 0 Å². The molecule has 3 atom stereocenters. The number of anilines is 1. The van der Waals surface area contributed by atoms with E-state index in [2.05, 4.69) is 36.2 Å². The molecule has 1 aliphatic heterocycles. The first-order valence-electron chi connectivity index (χ1n) is 6.16. The number of ether oxygens (including phenoxy) is 1. The van der Waals surface area contributed by atoms with Crippen LogP contribution in [0.2, 0.25) is 0 Å². The van der Waals surface area contributed by atoms with Crippen LogP contribution in [0.4, 0.5) is 5.82 Å². The highest BCUT2D eigenvalue weighted by molar-refractivity contribution is 9.10. The quantitative estimate of drug-likeness (QED) is 0.687. The van der Waals surface area contributed by atoms with Crippen molar-refractivity contribution >= 4 is 32.9 Å². The van der Waals surface area contributed by atoms with Gasteiger partial charge in [-0.1, -0.05) is 0 Å². The molecule has 0 aliphatic carbocycles. The molecule has 1 unspecified atom stereocenters. The Morgan fingerprint density at radius 2 is 2.35 bits per heavy atom. The van der Waals surface area contributed by atoms with Crippen molar-refractivity contribution in [3.8, 4) is 0 Å². The molecule has 0 aromatic carbocycles. The average Bonchev–Trinajstić information content (AvgIpc) is 2.97. The second-order valence-electron chi connectivity index (χ2n) is 4.51. The van der Waals surface area contributed by atoms with Crippen LogP contribution in [-0.2, 0) is 4.74 Å². The highest BCUT2D eigenvalue weighted by atomic mass is 79.9. The summed E-state index contributed by atoms with van der Waals surface area (Å²) in [4.78, 5) is 12.7. The molecule has 1 saturated heterocycles. The third kappa shape index (κ3) is 2.06. The summed E-state index contributed by atoms with van der Waals surface area (Å²) < 4.78 is 7.93. The first kappa shape index (κ1) is 13.7. The Morgan fingerprint density at radius 1 is 1.55 bits per heavy atom. The SMILES string of the molecule is CNc1ncnc2c1nc(Br)n2[C@H]1CC(O)[C@@H](CO)O1. The number of aromatic nitrogens is 4. The lowest BCUT2D eigenvalue weighted by Crippen LogP contribution is -2.24. The van der Waals surface area contributed by atoms with E-state index < -0.39 is 18.4 Å². The van der Waals surface area contributed by atoms with Crippen molar-refractivity contribution in [3.63, 3.8) is 0 Å². The number of nitrogens with zero attached hydrogens (tertiary/aromatic N) is 4. The summed E-state index contributed by atoms with van der Waals surface area (Å²) in [6.45, 7) is -0.224. The Hall–Kier alpha value is -1.29. The van der Waals surface area contributed by atoms with Crippen LogP contribution in [0, 0.1) is 0 Å². The molecule has 3 N–H and O–H groups in total. The maximum atomic E-state index is 9.84. The summed E-state index contributed by atoms with van der Waals surface area (Å²) in [7, 11) is 1.76. The summed E-state index contributed by atoms with van der Waals surface area (Å²) in [5, 5.41) is 22.0. The largest absolute Gasteiger partial charge is 0.394 e. The van der Waals surface area contributed by atoms with E-state index in [4.69, 9.17) is 9.84 Å². The Bertz CT molecular complexity index is 634. The number of fused-ring (bicyclic) bond motifs is 1. The molecular formula is C11H14BrN5O3. The third-order valence-corrected chi connectivity index (χ3v) is 3.90. The van der Waals surface area contributed by atoms with Gasteiger partial charge in [0.15, 0.2) is 21.7 Å². The van der Waals surface area contributed by atoms with Crippen LogP contribution in [0.5, 0.6) is 0 Å². The molecule has 0 radical (unpaired) electrons. The standard InChI is InChI=1S/C11H14BrN5O3/c1-13-9-8-10(15-4-14-9)17(11(12)16-8)7-2-5(19)6(3-18)20-7/h4-7,18-19H,2-3H2,1H3,(H,13,14,15)/t5?,6-,7-/m1/s1. The fraction of sp³-hybridized carbons (Fsp3) is 0.545. The van der Waals surface area contributed by atoms with Crippen LogP contribution in [0.15, 0.2) is 11.1 Å². The van der Waals surface area contributed by atoms with Crippen LogP contribution in [-0.4, -0.2) is 55.6 Å². The fourth-order valence-electron chi connectivity index (χ4n) is 2.36. The number of imidazole rings is 1. The highest BCUT2D eigenvalue weighted by Crippen LogP contribution is 2.34. The highest BCUT2D eigenvalue weighted by Gasteiger charge is 2.36. The van der Waals surface area contributed by atoms with Gasteiger partial charge in [-0.05, 0) is 15.9 Å². The Kier molecular flexibility index (Phi) is 3.59. The van der Waals surface area contributed by atoms with Crippen molar-refractivity contribution in [1.82, 2.24) is 19.5 Å². The molecule has 3 rings (SSSR count). The smallest absolute Gasteiger partial charge is 0.181 e. The van der Waals surface area contributed by atoms with Gasteiger partial charge >= 0.3 is 0 Å². The first-order valence-corrected chi connectivity index (χ1v) is 6.95. The minimum absolute atomic E-state index is 0.224. The number of hydrogen-bond acceptors (Lipinski definition) is 7. The summed E-state index contributed by atoms with van der Waals surface area (Å²) >= 11 is 3.38. The minimum atomic E-state index is -0.708. The average molecular weight is 344 g/mol. The van der Waals surface area contributed by atoms with E-state index >= 15 is 0 Å². The van der Waals surface area contributed by atoms with Gasteiger partial charge in [-0.3, -0.25) is 4.57 Å². The normalized spacial score (nSPS) is 26.3. The number of rotatable bonds is 3. The van der Waals surface area contributed by atoms with Gasteiger partial charge in [0, 0.05) is 13.5 Å². The molecule has 2 aromatic rings. The zero-order valence-corrected chi connectivity index (χ0v) is 12.3. The molecule has 0 bridgehead atoms. The summed E-state index contributed by atoms with van der Waals surface area (Å²) in [6, 6.07) is 0. The van der Waals surface area contributed by atoms with Gasteiger partial charge in [0.1, 0.15) is 18.7 Å². The molecule has 3 heterocycles. The molecule has 2 aromatic heterocycles. The summed E-state index contributed by atoms with van der Waals surface area (Å²) in [6.07, 6.45) is 0.0815. The van der Waals surface area contributed by atoms with Gasteiger partial charge in [0.05, 0.1) is 12.7 Å². The van der Waals surface area contributed by atoms with E-state index in [0.29, 0.717) is 28.1 Å². The van der Waals surface area contributed by atoms with Crippen LogP contribution in [0.1, 0.15) is 12.6 Å². The second kappa shape index (κ2) is 5.24. The monoisotopic (exact) mass is 343 g/mol. The molecule has 1 fully saturated rings. The molecule has 1 aliphatic rings. The van der Waals surface area contributed by atoms with Gasteiger partial charge in [-0.25, -0.2) is 15.0 Å². The van der Waals surface area contributed by atoms with Gasteiger partial charge in [-0.2, -0.15) is 0 Å². The zero-order chi connectivity index (χ0) is 14.3. The van der Waals surface area contributed by atoms with E-state index in [0.717, 1.165) is 0 Å². The number of nitrogens with one attached hydrogen (secondary N) is 1. The van der Waals surface area contributed by atoms with Crippen LogP contribution in [0.3, 0.4) is 0 Å². The van der Waals surface area contributed by atoms with Crippen molar-refractivity contribution in [2.75, 3.05) is 19.0 Å². The maximum absolute atomic E-state index is 9.84. The van der Waals surface area contributed by atoms with Crippen LogP contribution < -0.4 is 5.32 Å². The van der Waals surface area contributed by atoms with Gasteiger partial charge in [-0.15, -0.1) is 0 Å². The van der Waals surface area contributed by atoms with Gasteiger partial charge < -0.3 is 20.3 Å². The van der Waals surface area contributed by atoms with E-state index in [-0.39, 0.29) is 6.61 Å². The Morgan fingerprint density at radius 3 is 3.00 bits per heavy atom. The van der Waals surface area contributed by atoms with Crippen molar-refractivity contribution in [1.29, 1.82) is 0 Å². The fourth-order valence-corrected chi connectivity index (χ4v) is 2.93. The van der Waals surface area contributed by atoms with Crippen LogP contribution in [0.25, 0.3) is 11.2 Å². The minimum Gasteiger partial charge on any atom is -0.394 e. The van der Waals surface area contributed by atoms with E-state index in [1.54, 1.807) is 11.6 Å². The summed E-state index contributed by atoms with van der Waals surface area (Å²) in [5.74, 6) is 0.617. The Labute approximate surface area is 122 Å². The van der Waals surface area contributed by atoms with E-state index in [9.17, 15) is 5.11 Å². The third-order valence-electron chi connectivity index (χ3n) is 3.34. The second-order valence-corrected chi connectivity index (χ2v) is 5.22. The van der Waals surface area contributed by atoms with Gasteiger partial charge in [0.2, 0.25) is 0 Å². The topological polar surface area (TPSA) is 105 Å². The molecular weight excluding hydrogens is 330 g/mol. The molecule has 0 amide bonds. The van der Waals surface area contributed by atoms with Crippen molar-refractivity contribution in [3.05, 3.63) is 11.1 Å². The lowest BCUT2D eigenvalue weighted by Gasteiger charge is -2.14. The molecule has 108 valence electrons. The van der Waals surface area contributed by atoms with Crippen LogP contribution >= 0.6 is 15.9 Å². The molecule has 20 heavy (non-hydrogen) atoms. The van der Waals surface area contributed by atoms with Crippen molar-refractivity contribution < 1.29 is 14.9 Å². The Balaban J connectivity index is 2.06. The lowest BCUT2D eigenvalue weighted by molar-refractivity contribution is -0.0439. The van der Waals surface area contributed by atoms with Crippen molar-refractivity contribution in [2.45, 2.75) is 24.9 Å². The number of aliphatic hydroxyl groups is 2. The van der Waals surface area contributed by atoms with Crippen molar-refractivity contribution in [2.24, 2.45) is 0 Å². The molecule has 9 heteroatoms. The number of hydrogen-bond donors (Lipinski definition) is 3. The zero-order valence-electron chi connectivity index (χ0n) is 10.7. The maximum Gasteiger partial charge on any atom is 0.181 e. The molecule has 0 spiro atoms. The number of halogens is 1. The predicted octanol–water partition coefficient (Wildman–Crippen LogP) is 0.271. The predicted molar refractivity (Wildman–Crippen MR) is 74.2 cm³/mol. The number of aliphatic hydroxyl groups excluding tert-OH is 2. The van der Waals surface area contributed by atoms with E-state index in [1.165, 1.54) is 6.33 Å².